The number of fused-ring (bicyclic) bond motifs is 1. The molecular weight excluding hydrogens is 472 g/mol. The van der Waals surface area contributed by atoms with E-state index in [4.69, 9.17) is 23.7 Å². The van der Waals surface area contributed by atoms with Gasteiger partial charge in [-0.2, -0.15) is 0 Å². The van der Waals surface area contributed by atoms with E-state index in [2.05, 4.69) is 27.4 Å². The van der Waals surface area contributed by atoms with Gasteiger partial charge in [-0.25, -0.2) is 0 Å². The summed E-state index contributed by atoms with van der Waals surface area (Å²) in [5.74, 6) is -2.00. The number of Topliss-reactive ketones (excluding diaryl/α,β-unsaturated/α-hetero) is 1. The molecule has 0 radical (unpaired) electrons. The van der Waals surface area contributed by atoms with E-state index in [1.807, 2.05) is 13.8 Å². The van der Waals surface area contributed by atoms with Crippen LogP contribution in [0.2, 0.25) is 0 Å². The van der Waals surface area contributed by atoms with Gasteiger partial charge < -0.3 is 28.8 Å². The van der Waals surface area contributed by atoms with Crippen molar-refractivity contribution in [2.75, 3.05) is 13.2 Å². The Kier molecular flexibility index (Phi) is 5.01. The van der Waals surface area contributed by atoms with Gasteiger partial charge in [0.05, 0.1) is 24.7 Å². The number of hydrogen-bond acceptors (Lipinski definition) is 7. The van der Waals surface area contributed by atoms with Crippen LogP contribution in [-0.2, 0) is 28.5 Å². The van der Waals surface area contributed by atoms with Crippen LogP contribution >= 0.6 is 0 Å². The summed E-state index contributed by atoms with van der Waals surface area (Å²) in [6.45, 7) is 15.7. The quantitative estimate of drug-likeness (QED) is 0.433. The van der Waals surface area contributed by atoms with Crippen molar-refractivity contribution in [2.45, 2.75) is 110 Å². The lowest BCUT2D eigenvalue weighted by Gasteiger charge is -2.77. The molecule has 0 aromatic rings. The van der Waals surface area contributed by atoms with Crippen LogP contribution in [0.5, 0.6) is 0 Å². The van der Waals surface area contributed by atoms with Gasteiger partial charge in [0.1, 0.15) is 17.3 Å². The first-order chi connectivity index (χ1) is 17.5. The summed E-state index contributed by atoms with van der Waals surface area (Å²) >= 11 is 0. The minimum absolute atomic E-state index is 0.0471. The third-order valence-electron chi connectivity index (χ3n) is 11.0. The first-order valence-electron chi connectivity index (χ1n) is 14.4. The van der Waals surface area contributed by atoms with Crippen molar-refractivity contribution in [3.63, 3.8) is 0 Å². The molecule has 204 valence electrons. The Morgan fingerprint density at radius 2 is 1.95 bits per heavy atom. The molecule has 37 heavy (non-hydrogen) atoms. The van der Waals surface area contributed by atoms with E-state index in [0.29, 0.717) is 18.8 Å². The molecule has 0 aromatic heterocycles. The minimum Gasteiger partial charge on any atom is -0.469 e. The maximum Gasteiger partial charge on any atom is 0.213 e. The van der Waals surface area contributed by atoms with Crippen LogP contribution in [0.1, 0.15) is 79.6 Å². The van der Waals surface area contributed by atoms with E-state index in [1.165, 1.54) is 5.57 Å². The van der Waals surface area contributed by atoms with Crippen LogP contribution < -0.4 is 0 Å². The standard InChI is InChI=1S/C30H42O7/c1-7-8-13-33-20-12-9-17-14-26(3,4)21-23(32)30-29-19(28(21,15-34-30)24(17)35-20)11-10-18(16(2)22(29)31)25(29)36-27(5,6)37-30/h18-21,23,25,32H,2,7-15H2,1,3-6H3/t18-,19-,20+,21+,23-,25+,28-,29-,30-/m0/s1. The van der Waals surface area contributed by atoms with Crippen molar-refractivity contribution < 1.29 is 33.6 Å². The highest BCUT2D eigenvalue weighted by Gasteiger charge is 2.90. The lowest BCUT2D eigenvalue weighted by atomic mass is 9.36. The maximum atomic E-state index is 14.4. The van der Waals surface area contributed by atoms with Crippen molar-refractivity contribution >= 4 is 5.78 Å². The van der Waals surface area contributed by atoms with Gasteiger partial charge in [-0.15, -0.1) is 0 Å². The summed E-state index contributed by atoms with van der Waals surface area (Å²) in [7, 11) is 0. The summed E-state index contributed by atoms with van der Waals surface area (Å²) in [5, 5.41) is 12.4. The molecule has 8 rings (SSSR count). The summed E-state index contributed by atoms with van der Waals surface area (Å²) < 4.78 is 33.0. The summed E-state index contributed by atoms with van der Waals surface area (Å²) in [5.41, 5.74) is -0.130. The van der Waals surface area contributed by atoms with Crippen LogP contribution in [0, 0.1) is 34.0 Å². The topological polar surface area (TPSA) is 83.5 Å². The molecule has 0 unspecified atom stereocenters. The molecule has 4 bridgehead atoms. The van der Waals surface area contributed by atoms with E-state index in [0.717, 1.165) is 50.7 Å². The number of aliphatic hydroxyl groups excluding tert-OH is 1. The molecule has 4 heterocycles. The Hall–Kier alpha value is -1.25. The average Bonchev–Trinajstić information content (AvgIpc) is 2.94. The average molecular weight is 515 g/mol. The van der Waals surface area contributed by atoms with Gasteiger partial charge in [0.2, 0.25) is 5.79 Å². The molecule has 3 saturated heterocycles. The number of aliphatic hydroxyl groups is 1. The molecule has 7 nitrogen and oxygen atoms in total. The number of hydrogen-bond donors (Lipinski definition) is 1. The number of ether oxygens (including phenoxy) is 5. The van der Waals surface area contributed by atoms with E-state index in [1.54, 1.807) is 0 Å². The third-order valence-corrected chi connectivity index (χ3v) is 11.0. The molecule has 3 spiro atoms. The van der Waals surface area contributed by atoms with Gasteiger partial charge in [-0.3, -0.25) is 4.79 Å². The van der Waals surface area contributed by atoms with E-state index >= 15 is 0 Å². The summed E-state index contributed by atoms with van der Waals surface area (Å²) in [4.78, 5) is 14.4. The molecule has 0 amide bonds. The first-order valence-corrected chi connectivity index (χ1v) is 14.4. The van der Waals surface area contributed by atoms with Gasteiger partial charge in [0, 0.05) is 18.3 Å². The highest BCUT2D eigenvalue weighted by molar-refractivity contribution is 6.05. The van der Waals surface area contributed by atoms with Crippen LogP contribution in [-0.4, -0.2) is 54.2 Å². The molecular formula is C30H42O7. The smallest absolute Gasteiger partial charge is 0.213 e. The van der Waals surface area contributed by atoms with E-state index < -0.39 is 34.6 Å². The molecule has 8 aliphatic rings. The zero-order chi connectivity index (χ0) is 26.2. The van der Waals surface area contributed by atoms with E-state index in [9.17, 15) is 9.90 Å². The van der Waals surface area contributed by atoms with Crippen molar-refractivity contribution in [3.05, 3.63) is 23.5 Å². The second-order valence-electron chi connectivity index (χ2n) is 13.8. The fourth-order valence-electron chi connectivity index (χ4n) is 10.1. The number of carbonyl (C=O) groups excluding carboxylic acids is 1. The molecule has 3 saturated carbocycles. The number of carbonyl (C=O) groups is 1. The number of rotatable bonds is 4. The maximum absolute atomic E-state index is 14.4. The van der Waals surface area contributed by atoms with Crippen molar-refractivity contribution in [1.29, 1.82) is 0 Å². The van der Waals surface area contributed by atoms with Gasteiger partial charge in [0.15, 0.2) is 17.9 Å². The monoisotopic (exact) mass is 514 g/mol. The zero-order valence-electron chi connectivity index (χ0n) is 22.9. The fourth-order valence-corrected chi connectivity index (χ4v) is 10.1. The van der Waals surface area contributed by atoms with Crippen LogP contribution in [0.15, 0.2) is 23.5 Å². The van der Waals surface area contributed by atoms with Crippen molar-refractivity contribution in [1.82, 2.24) is 0 Å². The number of ketones is 1. The Labute approximate surface area is 219 Å². The van der Waals surface area contributed by atoms with E-state index in [-0.39, 0.29) is 35.2 Å². The minimum atomic E-state index is -1.47. The first kappa shape index (κ1) is 24.8. The SMILES string of the molecule is C=C1C(=O)[C@@]23[C@@H]4OC(C)(C)O[C@]25OC[C@]2(C6=C(CC[C@H](OCCCC)O6)CC(C)(C)[C@H]2[C@@H]5O)[C@@H]3CC[C@@H]14. The molecule has 1 N–H and O–H groups in total. The van der Waals surface area contributed by atoms with Crippen LogP contribution in [0.25, 0.3) is 0 Å². The molecule has 0 aromatic carbocycles. The highest BCUT2D eigenvalue weighted by Crippen LogP contribution is 2.80. The predicted molar refractivity (Wildman–Crippen MR) is 134 cm³/mol. The third kappa shape index (κ3) is 2.69. The lowest BCUT2D eigenvalue weighted by molar-refractivity contribution is -0.527. The van der Waals surface area contributed by atoms with Crippen molar-refractivity contribution in [3.8, 4) is 0 Å². The highest BCUT2D eigenvalue weighted by atomic mass is 16.8. The Morgan fingerprint density at radius 3 is 2.70 bits per heavy atom. The van der Waals surface area contributed by atoms with Crippen LogP contribution in [0.4, 0.5) is 0 Å². The second-order valence-corrected chi connectivity index (χ2v) is 13.8. The molecule has 9 atom stereocenters. The fraction of sp³-hybridized carbons (Fsp3) is 0.833. The normalized spacial score (nSPS) is 50.3. The summed E-state index contributed by atoms with van der Waals surface area (Å²) in [6, 6.07) is 0. The van der Waals surface area contributed by atoms with Crippen LogP contribution in [0.3, 0.4) is 0 Å². The predicted octanol–water partition coefficient (Wildman–Crippen LogP) is 4.63. The van der Waals surface area contributed by atoms with Gasteiger partial charge in [-0.1, -0.05) is 33.8 Å². The lowest BCUT2D eigenvalue weighted by Crippen LogP contribution is -2.87. The summed E-state index contributed by atoms with van der Waals surface area (Å²) in [6.07, 6.45) is 4.53. The Balaban J connectivity index is 1.43. The largest absolute Gasteiger partial charge is 0.469 e. The molecule has 7 heteroatoms. The molecule has 4 aliphatic heterocycles. The Bertz CT molecular complexity index is 1090. The second kappa shape index (κ2) is 7.48. The Morgan fingerprint density at radius 1 is 1.16 bits per heavy atom. The number of allylic oxidation sites excluding steroid dienone is 1. The number of unbranched alkanes of at least 4 members (excludes halogenated alkanes) is 1. The van der Waals surface area contributed by atoms with Gasteiger partial charge in [-0.05, 0) is 68.4 Å². The van der Waals surface area contributed by atoms with Crippen molar-refractivity contribution in [2.24, 2.45) is 34.0 Å². The zero-order valence-corrected chi connectivity index (χ0v) is 22.9. The molecule has 4 aliphatic carbocycles. The molecule has 6 fully saturated rings. The van der Waals surface area contributed by atoms with Gasteiger partial charge in [0.25, 0.3) is 0 Å². The van der Waals surface area contributed by atoms with Gasteiger partial charge >= 0.3 is 0 Å².